The van der Waals surface area contributed by atoms with Gasteiger partial charge in [0.2, 0.25) is 11.8 Å². The Bertz CT molecular complexity index is 1130. The Morgan fingerprint density at radius 2 is 2.03 bits per heavy atom. The molecular formula is C26H30N4O4. The largest absolute Gasteiger partial charge is 0.339 e. The van der Waals surface area contributed by atoms with E-state index >= 15 is 0 Å². The van der Waals surface area contributed by atoms with Crippen LogP contribution in [0.25, 0.3) is 0 Å². The Labute approximate surface area is 199 Å². The number of piperazine rings is 1. The normalized spacial score (nSPS) is 24.0. The second kappa shape index (κ2) is 9.04. The lowest BCUT2D eigenvalue weighted by Crippen LogP contribution is -2.67. The first-order valence-corrected chi connectivity index (χ1v) is 11.3. The van der Waals surface area contributed by atoms with E-state index in [2.05, 4.69) is 18.5 Å². The van der Waals surface area contributed by atoms with Crippen LogP contribution in [0.3, 0.4) is 0 Å². The molecule has 0 bridgehead atoms. The highest BCUT2D eigenvalue weighted by molar-refractivity contribution is 5.99. The van der Waals surface area contributed by atoms with Crippen LogP contribution in [0.4, 0.5) is 5.69 Å². The predicted octanol–water partition coefficient (Wildman–Crippen LogP) is 2.61. The lowest BCUT2D eigenvalue weighted by Gasteiger charge is -2.47. The van der Waals surface area contributed by atoms with Crippen LogP contribution in [0.5, 0.6) is 0 Å². The lowest BCUT2D eigenvalue weighted by molar-refractivity contribution is -0.158. The van der Waals surface area contributed by atoms with Crippen molar-refractivity contribution in [3.8, 4) is 0 Å². The van der Waals surface area contributed by atoms with Gasteiger partial charge in [-0.1, -0.05) is 37.8 Å². The van der Waals surface area contributed by atoms with Gasteiger partial charge >= 0.3 is 0 Å². The van der Waals surface area contributed by atoms with Crippen molar-refractivity contribution in [2.45, 2.75) is 45.0 Å². The SMILES string of the molecule is C=C(CC1=C2C(=O)N3C(C)COC3(N)CN2C=C(C=O)C1=C)Cc1ccc(NC(=O)CC)cc1. The molecule has 0 aromatic heterocycles. The topological polar surface area (TPSA) is 105 Å². The molecule has 0 spiro atoms. The van der Waals surface area contributed by atoms with E-state index in [-0.39, 0.29) is 24.4 Å². The number of ether oxygens (including phenoxy) is 1. The number of nitrogens with one attached hydrogen (secondary N) is 1. The fourth-order valence-electron chi connectivity index (χ4n) is 4.66. The van der Waals surface area contributed by atoms with Crippen LogP contribution in [-0.4, -0.2) is 52.9 Å². The van der Waals surface area contributed by atoms with E-state index in [9.17, 15) is 14.4 Å². The van der Waals surface area contributed by atoms with E-state index in [1.807, 2.05) is 31.2 Å². The second-order valence-corrected chi connectivity index (χ2v) is 9.02. The van der Waals surface area contributed by atoms with Gasteiger partial charge in [-0.15, -0.1) is 0 Å². The van der Waals surface area contributed by atoms with Crippen molar-refractivity contribution in [3.05, 3.63) is 77.2 Å². The van der Waals surface area contributed by atoms with Crippen molar-refractivity contribution in [1.29, 1.82) is 0 Å². The molecule has 2 unspecified atom stereocenters. The standard InChI is InChI=1S/C26H30N4O4/c1-5-23(32)28-21-8-6-19(7-9-21)10-16(2)11-22-18(4)20(13-31)12-29-15-26(27)30(17(3)14-34-26)25(33)24(22)29/h6-9,12-13,17H,2,4-5,10-11,14-15,27H2,1,3H3,(H,28,32). The highest BCUT2D eigenvalue weighted by Gasteiger charge is 2.53. The van der Waals surface area contributed by atoms with Crippen LogP contribution >= 0.6 is 0 Å². The number of rotatable bonds is 7. The number of allylic oxidation sites excluding steroid dienone is 4. The molecule has 1 aromatic carbocycles. The van der Waals surface area contributed by atoms with Crippen molar-refractivity contribution in [3.63, 3.8) is 0 Å². The minimum Gasteiger partial charge on any atom is -0.339 e. The number of fused-ring (bicyclic) bond motifs is 2. The van der Waals surface area contributed by atoms with Crippen LogP contribution in [-0.2, 0) is 25.5 Å². The van der Waals surface area contributed by atoms with Crippen molar-refractivity contribution in [1.82, 2.24) is 9.80 Å². The number of benzene rings is 1. The van der Waals surface area contributed by atoms with E-state index in [4.69, 9.17) is 10.5 Å². The smallest absolute Gasteiger partial charge is 0.274 e. The molecule has 2 saturated heterocycles. The fraction of sp³-hybridized carbons (Fsp3) is 0.346. The van der Waals surface area contributed by atoms with Gasteiger partial charge < -0.3 is 15.0 Å². The molecule has 3 N–H and O–H groups in total. The summed E-state index contributed by atoms with van der Waals surface area (Å²) < 4.78 is 5.74. The molecule has 8 nitrogen and oxygen atoms in total. The lowest BCUT2D eigenvalue weighted by atomic mass is 9.87. The third-order valence-corrected chi connectivity index (χ3v) is 6.39. The zero-order chi connectivity index (χ0) is 24.6. The summed E-state index contributed by atoms with van der Waals surface area (Å²) in [6, 6.07) is 7.42. The Morgan fingerprint density at radius 3 is 2.68 bits per heavy atom. The molecular weight excluding hydrogens is 432 g/mol. The van der Waals surface area contributed by atoms with Crippen molar-refractivity contribution >= 4 is 23.8 Å². The highest BCUT2D eigenvalue weighted by atomic mass is 16.5. The summed E-state index contributed by atoms with van der Waals surface area (Å²) in [4.78, 5) is 40.2. The van der Waals surface area contributed by atoms with Gasteiger partial charge in [0.05, 0.1) is 19.2 Å². The van der Waals surface area contributed by atoms with Gasteiger partial charge in [-0.3, -0.25) is 25.0 Å². The van der Waals surface area contributed by atoms with Crippen molar-refractivity contribution in [2.24, 2.45) is 5.73 Å². The molecule has 2 fully saturated rings. The molecule has 178 valence electrons. The zero-order valence-electron chi connectivity index (χ0n) is 19.6. The van der Waals surface area contributed by atoms with Crippen LogP contribution in [0.1, 0.15) is 32.3 Å². The van der Waals surface area contributed by atoms with Gasteiger partial charge in [0, 0.05) is 23.9 Å². The number of carbonyl (C=O) groups is 3. The third kappa shape index (κ3) is 4.22. The number of aldehydes is 1. The molecule has 1 aromatic rings. The van der Waals surface area contributed by atoms with E-state index in [1.54, 1.807) is 22.9 Å². The number of anilines is 1. The number of carbonyl (C=O) groups excluding carboxylic acids is 3. The predicted molar refractivity (Wildman–Crippen MR) is 129 cm³/mol. The number of amides is 2. The first-order chi connectivity index (χ1) is 16.2. The Balaban J connectivity index is 1.58. The maximum Gasteiger partial charge on any atom is 0.274 e. The van der Waals surface area contributed by atoms with Crippen LogP contribution in [0.2, 0.25) is 0 Å². The highest BCUT2D eigenvalue weighted by Crippen LogP contribution is 2.40. The van der Waals surface area contributed by atoms with Crippen LogP contribution in [0, 0.1) is 0 Å². The number of hydrogen-bond donors (Lipinski definition) is 2. The summed E-state index contributed by atoms with van der Waals surface area (Å²) in [5.74, 6) is -1.51. The van der Waals surface area contributed by atoms with Gasteiger partial charge in [0.25, 0.3) is 5.91 Å². The van der Waals surface area contributed by atoms with Crippen molar-refractivity contribution in [2.75, 3.05) is 18.5 Å². The van der Waals surface area contributed by atoms with Crippen molar-refractivity contribution < 1.29 is 19.1 Å². The summed E-state index contributed by atoms with van der Waals surface area (Å²) in [5.41, 5.74) is 11.1. The van der Waals surface area contributed by atoms with E-state index in [1.165, 1.54) is 0 Å². The van der Waals surface area contributed by atoms with E-state index in [0.717, 1.165) is 23.1 Å². The van der Waals surface area contributed by atoms with Gasteiger partial charge in [-0.2, -0.15) is 0 Å². The Kier molecular flexibility index (Phi) is 6.29. The monoisotopic (exact) mass is 462 g/mol. The minimum atomic E-state index is -1.24. The Morgan fingerprint density at radius 1 is 1.32 bits per heavy atom. The summed E-state index contributed by atoms with van der Waals surface area (Å²) >= 11 is 0. The minimum absolute atomic E-state index is 0.0404. The second-order valence-electron chi connectivity index (χ2n) is 9.02. The molecule has 2 atom stereocenters. The zero-order valence-corrected chi connectivity index (χ0v) is 19.6. The molecule has 4 rings (SSSR count). The first-order valence-electron chi connectivity index (χ1n) is 11.3. The molecule has 34 heavy (non-hydrogen) atoms. The molecule has 0 radical (unpaired) electrons. The quantitative estimate of drug-likeness (QED) is 0.477. The average Bonchev–Trinajstić information content (AvgIpc) is 3.11. The first kappa shape index (κ1) is 23.7. The van der Waals surface area contributed by atoms with Gasteiger partial charge in [0.15, 0.2) is 6.29 Å². The average molecular weight is 463 g/mol. The fourth-order valence-corrected chi connectivity index (χ4v) is 4.66. The van der Waals surface area contributed by atoms with Gasteiger partial charge in [0.1, 0.15) is 5.70 Å². The molecule has 0 aliphatic carbocycles. The maximum atomic E-state index is 13.5. The molecule has 3 aliphatic heterocycles. The number of hydrogen-bond acceptors (Lipinski definition) is 6. The third-order valence-electron chi connectivity index (χ3n) is 6.39. The molecule has 3 heterocycles. The van der Waals surface area contributed by atoms with E-state index in [0.29, 0.717) is 48.3 Å². The van der Waals surface area contributed by atoms with Gasteiger partial charge in [-0.05, 0) is 48.6 Å². The molecule has 0 saturated carbocycles. The molecule has 8 heteroatoms. The molecule has 2 amide bonds. The summed E-state index contributed by atoms with van der Waals surface area (Å²) in [6.45, 7) is 12.6. The summed E-state index contributed by atoms with van der Waals surface area (Å²) in [7, 11) is 0. The number of nitrogens with two attached hydrogens (primary N) is 1. The Hall–Kier alpha value is -3.49. The molecule has 3 aliphatic rings. The van der Waals surface area contributed by atoms with Gasteiger partial charge in [-0.25, -0.2) is 0 Å². The number of nitrogens with zero attached hydrogens (tertiary/aromatic N) is 2. The van der Waals surface area contributed by atoms with Crippen LogP contribution in [0.15, 0.2) is 71.6 Å². The maximum absolute atomic E-state index is 13.5. The van der Waals surface area contributed by atoms with E-state index < -0.39 is 5.85 Å². The summed E-state index contributed by atoms with van der Waals surface area (Å²) in [6.07, 6.45) is 3.74. The van der Waals surface area contributed by atoms with Crippen LogP contribution < -0.4 is 11.1 Å². The summed E-state index contributed by atoms with van der Waals surface area (Å²) in [5, 5.41) is 2.83.